The number of hydrogen-bond donors (Lipinski definition) is 2. The van der Waals surface area contributed by atoms with Crippen LogP contribution in [0.2, 0.25) is 0 Å². The molecule has 1 heterocycles. The molecule has 0 radical (unpaired) electrons. The summed E-state index contributed by atoms with van der Waals surface area (Å²) in [5.41, 5.74) is 0.869. The fourth-order valence-corrected chi connectivity index (χ4v) is 4.33. The lowest BCUT2D eigenvalue weighted by molar-refractivity contribution is -0.119. The third kappa shape index (κ3) is 5.01. The van der Waals surface area contributed by atoms with Crippen LogP contribution in [0.4, 0.5) is 0 Å². The van der Waals surface area contributed by atoms with Gasteiger partial charge in [-0.1, -0.05) is 71.9 Å². The van der Waals surface area contributed by atoms with E-state index in [4.69, 9.17) is 5.84 Å². The van der Waals surface area contributed by atoms with Crippen molar-refractivity contribution in [3.05, 3.63) is 28.7 Å². The highest BCUT2D eigenvalue weighted by atomic mass is 79.9. The highest BCUT2D eigenvalue weighted by Crippen LogP contribution is 2.27. The van der Waals surface area contributed by atoms with Crippen LogP contribution in [0, 0.1) is 0 Å². The number of halogens is 1. The Hall–Kier alpha value is -1.54. The number of nitrogens with zero attached hydrogens (tertiary/aromatic N) is 3. The van der Waals surface area contributed by atoms with Crippen molar-refractivity contribution in [2.24, 2.45) is 0 Å². The van der Waals surface area contributed by atoms with E-state index in [0.29, 0.717) is 22.8 Å². The molecule has 3 rings (SSSR count). The molecule has 140 valence electrons. The van der Waals surface area contributed by atoms with Crippen molar-refractivity contribution in [1.82, 2.24) is 20.2 Å². The number of aromatic nitrogens is 3. The van der Waals surface area contributed by atoms with Crippen molar-refractivity contribution < 1.29 is 4.79 Å². The van der Waals surface area contributed by atoms with Gasteiger partial charge in [-0.25, -0.2) is 4.68 Å². The third-order valence-corrected chi connectivity index (χ3v) is 6.22. The van der Waals surface area contributed by atoms with Gasteiger partial charge in [0.1, 0.15) is 0 Å². The summed E-state index contributed by atoms with van der Waals surface area (Å²) in [6.45, 7) is 0. The minimum Gasteiger partial charge on any atom is -0.353 e. The minimum absolute atomic E-state index is 0.0333. The molecule has 1 fully saturated rings. The SMILES string of the molecule is Nn1c(SCC(=O)NC2CCCCCCC2)nnc1-c1ccccc1Br. The second-order valence-electron chi connectivity index (χ2n) is 6.55. The number of amides is 1. The topological polar surface area (TPSA) is 85.8 Å². The first-order chi connectivity index (χ1) is 12.6. The van der Waals surface area contributed by atoms with Crippen LogP contribution >= 0.6 is 27.7 Å². The fraction of sp³-hybridized carbons (Fsp3) is 0.500. The van der Waals surface area contributed by atoms with Crippen molar-refractivity contribution in [2.75, 3.05) is 11.6 Å². The van der Waals surface area contributed by atoms with Gasteiger partial charge in [0.05, 0.1) is 5.75 Å². The van der Waals surface area contributed by atoms with Gasteiger partial charge in [-0.3, -0.25) is 4.79 Å². The molecule has 8 heteroatoms. The van der Waals surface area contributed by atoms with Gasteiger partial charge in [0, 0.05) is 16.1 Å². The predicted octanol–water partition coefficient (Wildman–Crippen LogP) is 3.74. The maximum atomic E-state index is 12.3. The van der Waals surface area contributed by atoms with E-state index in [1.165, 1.54) is 48.5 Å². The Morgan fingerprint density at radius 2 is 1.88 bits per heavy atom. The van der Waals surface area contributed by atoms with Gasteiger partial charge < -0.3 is 11.2 Å². The van der Waals surface area contributed by atoms with Crippen LogP contribution in [-0.4, -0.2) is 32.6 Å². The van der Waals surface area contributed by atoms with Gasteiger partial charge in [-0.2, -0.15) is 0 Å². The number of benzene rings is 1. The van der Waals surface area contributed by atoms with Crippen LogP contribution in [0.3, 0.4) is 0 Å². The van der Waals surface area contributed by atoms with Gasteiger partial charge in [0.2, 0.25) is 11.1 Å². The lowest BCUT2D eigenvalue weighted by Crippen LogP contribution is -2.36. The molecule has 1 saturated carbocycles. The molecular formula is C18H24BrN5OS. The summed E-state index contributed by atoms with van der Waals surface area (Å²) in [4.78, 5) is 12.3. The molecule has 6 nitrogen and oxygen atoms in total. The van der Waals surface area contributed by atoms with E-state index in [0.717, 1.165) is 22.9 Å². The summed E-state index contributed by atoms with van der Waals surface area (Å²) in [5.74, 6) is 7.03. The number of hydrogen-bond acceptors (Lipinski definition) is 5. The summed E-state index contributed by atoms with van der Waals surface area (Å²) >= 11 is 4.81. The Morgan fingerprint density at radius 3 is 2.62 bits per heavy atom. The fourth-order valence-electron chi connectivity index (χ4n) is 3.20. The molecule has 0 spiro atoms. The molecule has 1 amide bonds. The Kier molecular flexibility index (Phi) is 6.96. The highest BCUT2D eigenvalue weighted by Gasteiger charge is 2.17. The second-order valence-corrected chi connectivity index (χ2v) is 8.35. The van der Waals surface area contributed by atoms with Crippen molar-refractivity contribution >= 4 is 33.6 Å². The Labute approximate surface area is 166 Å². The Bertz CT molecular complexity index is 743. The molecule has 0 aliphatic heterocycles. The first-order valence-corrected chi connectivity index (χ1v) is 10.8. The lowest BCUT2D eigenvalue weighted by atomic mass is 9.97. The largest absolute Gasteiger partial charge is 0.353 e. The molecule has 0 saturated heterocycles. The first-order valence-electron chi connectivity index (χ1n) is 9.02. The number of nitrogen functional groups attached to an aromatic ring is 1. The van der Waals surface area contributed by atoms with E-state index >= 15 is 0 Å². The molecule has 1 aliphatic rings. The molecule has 3 N–H and O–H groups in total. The third-order valence-electron chi connectivity index (χ3n) is 4.58. The zero-order valence-corrected chi connectivity index (χ0v) is 17.1. The van der Waals surface area contributed by atoms with Crippen LogP contribution in [-0.2, 0) is 4.79 Å². The van der Waals surface area contributed by atoms with Crippen LogP contribution in [0.15, 0.2) is 33.9 Å². The maximum absolute atomic E-state index is 12.3. The van der Waals surface area contributed by atoms with Gasteiger partial charge in [-0.05, 0) is 25.0 Å². The molecular weight excluding hydrogens is 414 g/mol. The van der Waals surface area contributed by atoms with E-state index in [1.807, 2.05) is 24.3 Å². The van der Waals surface area contributed by atoms with Crippen LogP contribution in [0.5, 0.6) is 0 Å². The summed E-state index contributed by atoms with van der Waals surface area (Å²) < 4.78 is 2.34. The van der Waals surface area contributed by atoms with Crippen LogP contribution in [0.25, 0.3) is 11.4 Å². The number of thioether (sulfide) groups is 1. The normalized spacial score (nSPS) is 16.0. The zero-order chi connectivity index (χ0) is 18.4. The predicted molar refractivity (Wildman–Crippen MR) is 108 cm³/mol. The zero-order valence-electron chi connectivity index (χ0n) is 14.7. The Morgan fingerprint density at radius 1 is 1.19 bits per heavy atom. The summed E-state index contributed by atoms with van der Waals surface area (Å²) in [6.07, 6.45) is 8.42. The standard InChI is InChI=1S/C18H24BrN5OS/c19-15-11-7-6-10-14(15)17-22-23-18(24(17)20)26-12-16(25)21-13-8-4-2-1-3-5-9-13/h6-7,10-11,13H,1-5,8-9,12,20H2,(H,21,25). The van der Waals surface area contributed by atoms with Crippen molar-refractivity contribution in [2.45, 2.75) is 56.1 Å². The number of nitrogens with one attached hydrogen (secondary N) is 1. The average molecular weight is 438 g/mol. The molecule has 0 atom stereocenters. The van der Waals surface area contributed by atoms with Gasteiger partial charge in [0.25, 0.3) is 0 Å². The quantitative estimate of drug-likeness (QED) is 0.549. The van der Waals surface area contributed by atoms with Crippen LogP contribution < -0.4 is 11.2 Å². The molecule has 1 aliphatic carbocycles. The van der Waals surface area contributed by atoms with Gasteiger partial charge >= 0.3 is 0 Å². The van der Waals surface area contributed by atoms with Crippen molar-refractivity contribution in [3.63, 3.8) is 0 Å². The number of nitrogens with two attached hydrogens (primary N) is 1. The molecule has 0 unspecified atom stereocenters. The lowest BCUT2D eigenvalue weighted by Gasteiger charge is -2.20. The van der Waals surface area contributed by atoms with E-state index in [2.05, 4.69) is 31.4 Å². The van der Waals surface area contributed by atoms with Crippen molar-refractivity contribution in [3.8, 4) is 11.4 Å². The molecule has 0 bridgehead atoms. The molecule has 1 aromatic carbocycles. The van der Waals surface area contributed by atoms with E-state index < -0.39 is 0 Å². The summed E-state index contributed by atoms with van der Waals surface area (Å²) in [5, 5.41) is 12.0. The molecule has 26 heavy (non-hydrogen) atoms. The monoisotopic (exact) mass is 437 g/mol. The van der Waals surface area contributed by atoms with Gasteiger partial charge in [0.15, 0.2) is 5.82 Å². The highest BCUT2D eigenvalue weighted by molar-refractivity contribution is 9.10. The van der Waals surface area contributed by atoms with E-state index in [1.54, 1.807) is 0 Å². The van der Waals surface area contributed by atoms with Crippen LogP contribution in [0.1, 0.15) is 44.9 Å². The smallest absolute Gasteiger partial charge is 0.230 e. The number of rotatable bonds is 5. The Balaban J connectivity index is 1.56. The first kappa shape index (κ1) is 19.2. The molecule has 1 aromatic heterocycles. The van der Waals surface area contributed by atoms with E-state index in [-0.39, 0.29) is 5.91 Å². The maximum Gasteiger partial charge on any atom is 0.230 e. The number of carbonyl (C=O) groups excluding carboxylic acids is 1. The summed E-state index contributed by atoms with van der Waals surface area (Å²) in [6, 6.07) is 8.01. The molecule has 2 aromatic rings. The minimum atomic E-state index is 0.0333. The average Bonchev–Trinajstić information content (AvgIpc) is 2.96. The van der Waals surface area contributed by atoms with Gasteiger partial charge in [-0.15, -0.1) is 10.2 Å². The summed E-state index contributed by atoms with van der Waals surface area (Å²) in [7, 11) is 0. The van der Waals surface area contributed by atoms with E-state index in [9.17, 15) is 4.79 Å². The number of carbonyl (C=O) groups is 1. The van der Waals surface area contributed by atoms with Crippen molar-refractivity contribution in [1.29, 1.82) is 0 Å². The second kappa shape index (κ2) is 9.41.